The van der Waals surface area contributed by atoms with E-state index >= 15 is 0 Å². The second-order valence-corrected chi connectivity index (χ2v) is 5.57. The Balaban J connectivity index is 2.35. The first-order valence-corrected chi connectivity index (χ1v) is 7.28. The fourth-order valence-corrected chi connectivity index (χ4v) is 2.71. The summed E-state index contributed by atoms with van der Waals surface area (Å²) in [6.07, 6.45) is 2.01. The highest BCUT2D eigenvalue weighted by molar-refractivity contribution is 14.1. The van der Waals surface area contributed by atoms with E-state index in [2.05, 4.69) is 6.92 Å². The van der Waals surface area contributed by atoms with Gasteiger partial charge in [0.05, 0.1) is 0 Å². The lowest BCUT2D eigenvalue weighted by Crippen LogP contribution is -2.04. The van der Waals surface area contributed by atoms with Crippen LogP contribution in [0.5, 0.6) is 0 Å². The van der Waals surface area contributed by atoms with E-state index in [1.54, 1.807) is 12.1 Å². The largest absolute Gasteiger partial charge is 0.289 e. The molecule has 2 aromatic rings. The van der Waals surface area contributed by atoms with Crippen LogP contribution in [0.3, 0.4) is 0 Å². The number of carbonyl (C=O) groups excluding carboxylic acids is 1. The normalized spacial score (nSPS) is 10.5. The van der Waals surface area contributed by atoms with E-state index in [9.17, 15) is 9.18 Å². The monoisotopic (exact) mass is 368 g/mol. The molecule has 0 radical (unpaired) electrons. The SMILES string of the molecule is CCCc1cccc(C(=O)c2ccc(F)cc2I)c1. The Hall–Kier alpha value is -1.23. The predicted octanol–water partition coefficient (Wildman–Crippen LogP) is 4.61. The lowest BCUT2D eigenvalue weighted by molar-refractivity contribution is 0.103. The summed E-state index contributed by atoms with van der Waals surface area (Å²) < 4.78 is 13.7. The molecule has 0 bridgehead atoms. The van der Waals surface area contributed by atoms with Crippen molar-refractivity contribution in [2.75, 3.05) is 0 Å². The standard InChI is InChI=1S/C16H14FIO/c1-2-4-11-5-3-6-12(9-11)16(19)14-8-7-13(17)10-15(14)18/h3,5-10H,2,4H2,1H3. The molecule has 98 valence electrons. The van der Waals surface area contributed by atoms with Crippen LogP contribution in [0.1, 0.15) is 34.8 Å². The third kappa shape index (κ3) is 3.41. The molecule has 0 amide bonds. The summed E-state index contributed by atoms with van der Waals surface area (Å²) in [6, 6.07) is 11.9. The quantitative estimate of drug-likeness (QED) is 0.569. The van der Waals surface area contributed by atoms with Gasteiger partial charge in [-0.1, -0.05) is 31.5 Å². The van der Waals surface area contributed by atoms with Crippen LogP contribution in [0, 0.1) is 9.39 Å². The highest BCUT2D eigenvalue weighted by Crippen LogP contribution is 2.19. The van der Waals surface area contributed by atoms with Crippen molar-refractivity contribution in [3.63, 3.8) is 0 Å². The maximum absolute atomic E-state index is 13.1. The Kier molecular flexibility index (Phi) is 4.69. The number of aryl methyl sites for hydroxylation is 1. The van der Waals surface area contributed by atoms with Crippen molar-refractivity contribution >= 4 is 28.4 Å². The van der Waals surface area contributed by atoms with Crippen LogP contribution < -0.4 is 0 Å². The second kappa shape index (κ2) is 6.28. The van der Waals surface area contributed by atoms with Crippen LogP contribution in [-0.2, 0) is 6.42 Å². The fraction of sp³-hybridized carbons (Fsp3) is 0.188. The summed E-state index contributed by atoms with van der Waals surface area (Å²) in [7, 11) is 0. The zero-order valence-electron chi connectivity index (χ0n) is 10.6. The number of halogens is 2. The molecule has 0 saturated carbocycles. The Bertz CT molecular complexity index is 607. The molecule has 0 aromatic heterocycles. The zero-order valence-corrected chi connectivity index (χ0v) is 12.8. The third-order valence-corrected chi connectivity index (χ3v) is 3.80. The summed E-state index contributed by atoms with van der Waals surface area (Å²) >= 11 is 1.99. The molecule has 0 N–H and O–H groups in total. The molecular weight excluding hydrogens is 354 g/mol. The number of rotatable bonds is 4. The van der Waals surface area contributed by atoms with E-state index in [0.29, 0.717) is 14.7 Å². The van der Waals surface area contributed by atoms with Crippen molar-refractivity contribution in [1.82, 2.24) is 0 Å². The summed E-state index contributed by atoms with van der Waals surface area (Å²) in [5, 5.41) is 0. The van der Waals surface area contributed by atoms with Crippen molar-refractivity contribution in [2.45, 2.75) is 19.8 Å². The first kappa shape index (κ1) is 14.2. The van der Waals surface area contributed by atoms with Gasteiger partial charge in [-0.05, 0) is 58.8 Å². The number of carbonyl (C=O) groups is 1. The molecule has 2 rings (SSSR count). The average molecular weight is 368 g/mol. The van der Waals surface area contributed by atoms with E-state index in [-0.39, 0.29) is 11.6 Å². The summed E-state index contributed by atoms with van der Waals surface area (Å²) in [5.74, 6) is -0.372. The molecular formula is C16H14FIO. The molecule has 0 aliphatic carbocycles. The smallest absolute Gasteiger partial charge is 0.194 e. The van der Waals surface area contributed by atoms with Crippen LogP contribution >= 0.6 is 22.6 Å². The number of hydrogen-bond donors (Lipinski definition) is 0. The minimum atomic E-state index is -0.319. The van der Waals surface area contributed by atoms with Crippen molar-refractivity contribution in [2.24, 2.45) is 0 Å². The molecule has 2 aromatic carbocycles. The predicted molar refractivity (Wildman–Crippen MR) is 83.0 cm³/mol. The number of ketones is 1. The minimum absolute atomic E-state index is 0.0534. The zero-order chi connectivity index (χ0) is 13.8. The van der Waals surface area contributed by atoms with Gasteiger partial charge in [0.2, 0.25) is 0 Å². The molecule has 0 atom stereocenters. The van der Waals surface area contributed by atoms with Gasteiger partial charge in [0, 0.05) is 14.7 Å². The lowest BCUT2D eigenvalue weighted by atomic mass is 10.00. The minimum Gasteiger partial charge on any atom is -0.289 e. The Morgan fingerprint density at radius 2 is 2.00 bits per heavy atom. The fourth-order valence-electron chi connectivity index (χ4n) is 1.99. The topological polar surface area (TPSA) is 17.1 Å². The van der Waals surface area contributed by atoms with Gasteiger partial charge < -0.3 is 0 Å². The third-order valence-electron chi connectivity index (χ3n) is 2.90. The van der Waals surface area contributed by atoms with E-state index in [4.69, 9.17) is 0 Å². The van der Waals surface area contributed by atoms with Gasteiger partial charge in [0.1, 0.15) is 5.82 Å². The van der Waals surface area contributed by atoms with Crippen LogP contribution in [0.15, 0.2) is 42.5 Å². The first-order chi connectivity index (χ1) is 9.11. The maximum atomic E-state index is 13.1. The van der Waals surface area contributed by atoms with Gasteiger partial charge >= 0.3 is 0 Å². The van der Waals surface area contributed by atoms with Crippen molar-refractivity contribution in [1.29, 1.82) is 0 Å². The van der Waals surface area contributed by atoms with Gasteiger partial charge in [0.15, 0.2) is 5.78 Å². The van der Waals surface area contributed by atoms with Crippen LogP contribution in [-0.4, -0.2) is 5.78 Å². The molecule has 19 heavy (non-hydrogen) atoms. The molecule has 0 aliphatic heterocycles. The van der Waals surface area contributed by atoms with Crippen molar-refractivity contribution in [3.05, 3.63) is 68.5 Å². The van der Waals surface area contributed by atoms with E-state index in [1.807, 2.05) is 40.8 Å². The van der Waals surface area contributed by atoms with Gasteiger partial charge in [-0.3, -0.25) is 4.79 Å². The van der Waals surface area contributed by atoms with Crippen LogP contribution in [0.2, 0.25) is 0 Å². The van der Waals surface area contributed by atoms with E-state index in [0.717, 1.165) is 18.4 Å². The summed E-state index contributed by atoms with van der Waals surface area (Å²) in [4.78, 5) is 12.4. The molecule has 0 aliphatic rings. The van der Waals surface area contributed by atoms with Crippen LogP contribution in [0.4, 0.5) is 4.39 Å². The summed E-state index contributed by atoms with van der Waals surface area (Å²) in [6.45, 7) is 2.11. The van der Waals surface area contributed by atoms with Crippen LogP contribution in [0.25, 0.3) is 0 Å². The highest BCUT2D eigenvalue weighted by atomic mass is 127. The molecule has 0 heterocycles. The summed E-state index contributed by atoms with van der Waals surface area (Å²) in [5.41, 5.74) is 2.37. The molecule has 0 saturated heterocycles. The van der Waals surface area contributed by atoms with Gasteiger partial charge in [-0.15, -0.1) is 0 Å². The number of benzene rings is 2. The second-order valence-electron chi connectivity index (χ2n) is 4.40. The van der Waals surface area contributed by atoms with Gasteiger partial charge in [-0.2, -0.15) is 0 Å². The maximum Gasteiger partial charge on any atom is 0.194 e. The van der Waals surface area contributed by atoms with E-state index < -0.39 is 0 Å². The van der Waals surface area contributed by atoms with Crippen molar-refractivity contribution < 1.29 is 9.18 Å². The first-order valence-electron chi connectivity index (χ1n) is 6.20. The van der Waals surface area contributed by atoms with E-state index in [1.165, 1.54) is 12.1 Å². The average Bonchev–Trinajstić information content (AvgIpc) is 2.39. The lowest BCUT2D eigenvalue weighted by Gasteiger charge is -2.06. The molecule has 3 heteroatoms. The molecule has 0 fully saturated rings. The molecule has 1 nitrogen and oxygen atoms in total. The van der Waals surface area contributed by atoms with Gasteiger partial charge in [-0.25, -0.2) is 4.39 Å². The Morgan fingerprint density at radius 1 is 1.21 bits per heavy atom. The Labute approximate surface area is 126 Å². The Morgan fingerprint density at radius 3 is 2.68 bits per heavy atom. The molecule has 0 unspecified atom stereocenters. The number of hydrogen-bond acceptors (Lipinski definition) is 1. The van der Waals surface area contributed by atoms with Gasteiger partial charge in [0.25, 0.3) is 0 Å². The highest BCUT2D eigenvalue weighted by Gasteiger charge is 2.13. The van der Waals surface area contributed by atoms with Crippen molar-refractivity contribution in [3.8, 4) is 0 Å². The molecule has 0 spiro atoms.